The summed E-state index contributed by atoms with van der Waals surface area (Å²) in [5, 5.41) is 2.44. The molecule has 0 atom stereocenters. The zero-order valence-electron chi connectivity index (χ0n) is 12.4. The first-order valence-corrected chi connectivity index (χ1v) is 7.58. The van der Waals surface area contributed by atoms with Gasteiger partial charge in [-0.1, -0.05) is 12.1 Å². The summed E-state index contributed by atoms with van der Waals surface area (Å²) < 4.78 is 19.2. The Morgan fingerprint density at radius 3 is 2.59 bits per heavy atom. The fraction of sp³-hybridized carbons (Fsp3) is 0.176. The van der Waals surface area contributed by atoms with Gasteiger partial charge in [0.2, 0.25) is 0 Å². The fourth-order valence-corrected chi connectivity index (χ4v) is 3.51. The number of aryl methyl sites for hydroxylation is 2. The first-order valence-electron chi connectivity index (χ1n) is 6.76. The largest absolute Gasteiger partial charge is 0.465 e. The SMILES string of the molecule is COC(=O)c1ccc2ccc(F)c(-c3sc(C)nc3C)c2c1. The molecule has 0 saturated heterocycles. The molecule has 3 nitrogen and oxygen atoms in total. The summed E-state index contributed by atoms with van der Waals surface area (Å²) in [6.45, 7) is 3.76. The molecule has 0 unspecified atom stereocenters. The van der Waals surface area contributed by atoms with Crippen molar-refractivity contribution in [3.8, 4) is 10.4 Å². The minimum absolute atomic E-state index is 0.318. The van der Waals surface area contributed by atoms with E-state index < -0.39 is 5.97 Å². The van der Waals surface area contributed by atoms with E-state index in [1.165, 1.54) is 24.5 Å². The van der Waals surface area contributed by atoms with Crippen LogP contribution in [0.2, 0.25) is 0 Å². The molecule has 1 aromatic heterocycles. The number of esters is 1. The van der Waals surface area contributed by atoms with Crippen molar-refractivity contribution in [3.05, 3.63) is 52.4 Å². The lowest BCUT2D eigenvalue weighted by Gasteiger charge is -2.09. The summed E-state index contributed by atoms with van der Waals surface area (Å²) in [4.78, 5) is 16.9. The topological polar surface area (TPSA) is 39.2 Å². The van der Waals surface area contributed by atoms with E-state index in [2.05, 4.69) is 4.98 Å². The Bertz CT molecular complexity index is 886. The predicted molar refractivity (Wildman–Crippen MR) is 85.8 cm³/mol. The van der Waals surface area contributed by atoms with Crippen LogP contribution in [0.5, 0.6) is 0 Å². The van der Waals surface area contributed by atoms with Crippen molar-refractivity contribution in [1.29, 1.82) is 0 Å². The van der Waals surface area contributed by atoms with Gasteiger partial charge < -0.3 is 4.74 Å². The number of nitrogens with zero attached hydrogens (tertiary/aromatic N) is 1. The zero-order chi connectivity index (χ0) is 15.9. The number of hydrogen-bond acceptors (Lipinski definition) is 4. The van der Waals surface area contributed by atoms with Gasteiger partial charge in [0.25, 0.3) is 0 Å². The van der Waals surface area contributed by atoms with Crippen LogP contribution in [0, 0.1) is 19.7 Å². The summed E-state index contributed by atoms with van der Waals surface area (Å²) in [6.07, 6.45) is 0. The smallest absolute Gasteiger partial charge is 0.337 e. The number of carbonyl (C=O) groups is 1. The van der Waals surface area contributed by atoms with Crippen LogP contribution in [0.15, 0.2) is 30.3 Å². The number of ether oxygens (including phenoxy) is 1. The number of aromatic nitrogens is 1. The van der Waals surface area contributed by atoms with Crippen LogP contribution >= 0.6 is 11.3 Å². The van der Waals surface area contributed by atoms with E-state index >= 15 is 0 Å². The average molecular weight is 315 g/mol. The highest BCUT2D eigenvalue weighted by molar-refractivity contribution is 7.15. The Morgan fingerprint density at radius 2 is 1.95 bits per heavy atom. The molecule has 0 saturated carbocycles. The van der Waals surface area contributed by atoms with Gasteiger partial charge in [0, 0.05) is 5.56 Å². The molecule has 0 fully saturated rings. The van der Waals surface area contributed by atoms with Crippen molar-refractivity contribution in [2.45, 2.75) is 13.8 Å². The van der Waals surface area contributed by atoms with E-state index in [-0.39, 0.29) is 5.82 Å². The number of fused-ring (bicyclic) bond motifs is 1. The Balaban J connectivity index is 2.34. The predicted octanol–water partition coefficient (Wildman–Crippen LogP) is 4.51. The average Bonchev–Trinajstić information content (AvgIpc) is 2.84. The summed E-state index contributed by atoms with van der Waals surface area (Å²) in [5.74, 6) is -0.754. The summed E-state index contributed by atoms with van der Waals surface area (Å²) in [7, 11) is 1.33. The van der Waals surface area contributed by atoms with Gasteiger partial charge in [0.15, 0.2) is 0 Å². The van der Waals surface area contributed by atoms with E-state index in [4.69, 9.17) is 4.74 Å². The maximum atomic E-state index is 14.5. The number of methoxy groups -OCH3 is 1. The van der Waals surface area contributed by atoms with Crippen LogP contribution in [-0.2, 0) is 4.74 Å². The number of rotatable bonds is 2. The molecule has 0 aliphatic carbocycles. The molecule has 3 rings (SSSR count). The van der Waals surface area contributed by atoms with Crippen molar-refractivity contribution in [3.63, 3.8) is 0 Å². The lowest BCUT2D eigenvalue weighted by Crippen LogP contribution is -2.01. The Kier molecular flexibility index (Phi) is 3.66. The molecule has 2 aromatic carbocycles. The van der Waals surface area contributed by atoms with Crippen LogP contribution in [0.3, 0.4) is 0 Å². The van der Waals surface area contributed by atoms with Crippen molar-refractivity contribution in [1.82, 2.24) is 4.98 Å². The second kappa shape index (κ2) is 5.50. The van der Waals surface area contributed by atoms with Gasteiger partial charge in [0.05, 0.1) is 28.3 Å². The quantitative estimate of drug-likeness (QED) is 0.653. The number of benzene rings is 2. The van der Waals surface area contributed by atoms with E-state index in [1.807, 2.05) is 13.8 Å². The van der Waals surface area contributed by atoms with Crippen LogP contribution in [0.1, 0.15) is 21.1 Å². The molecule has 0 aliphatic heterocycles. The normalized spacial score (nSPS) is 10.9. The fourth-order valence-electron chi connectivity index (χ4n) is 2.53. The number of carbonyl (C=O) groups excluding carboxylic acids is 1. The standard InChI is InChI=1S/C17H14FNO2S/c1-9-16(22-10(2)19-9)15-13-8-12(17(20)21-3)5-4-11(13)6-7-14(15)18/h4-8H,1-3H3. The molecular formula is C17H14FNO2S. The van der Waals surface area contributed by atoms with E-state index in [0.717, 1.165) is 21.0 Å². The Labute approximate surface area is 131 Å². The highest BCUT2D eigenvalue weighted by Gasteiger charge is 2.17. The molecule has 0 bridgehead atoms. The molecule has 22 heavy (non-hydrogen) atoms. The number of halogens is 1. The van der Waals surface area contributed by atoms with Gasteiger partial charge in [0.1, 0.15) is 5.82 Å². The molecule has 3 aromatic rings. The summed E-state index contributed by atoms with van der Waals surface area (Å²) in [5.41, 5.74) is 1.68. The monoisotopic (exact) mass is 315 g/mol. The maximum Gasteiger partial charge on any atom is 0.337 e. The Hall–Kier alpha value is -2.27. The van der Waals surface area contributed by atoms with Crippen molar-refractivity contribution in [2.75, 3.05) is 7.11 Å². The molecule has 0 spiro atoms. The van der Waals surface area contributed by atoms with Crippen molar-refractivity contribution < 1.29 is 13.9 Å². The summed E-state index contributed by atoms with van der Waals surface area (Å²) >= 11 is 1.45. The molecule has 112 valence electrons. The first-order chi connectivity index (χ1) is 10.5. The molecule has 5 heteroatoms. The highest BCUT2D eigenvalue weighted by Crippen LogP contribution is 2.37. The molecule has 0 amide bonds. The lowest BCUT2D eigenvalue weighted by atomic mass is 9.99. The Morgan fingerprint density at radius 1 is 1.23 bits per heavy atom. The molecule has 0 radical (unpaired) electrons. The van der Waals surface area contributed by atoms with Gasteiger partial charge in [-0.2, -0.15) is 0 Å². The first kappa shape index (κ1) is 14.7. The van der Waals surface area contributed by atoms with Crippen LogP contribution < -0.4 is 0 Å². The van der Waals surface area contributed by atoms with Gasteiger partial charge in [-0.3, -0.25) is 0 Å². The minimum atomic E-state index is -0.436. The third-order valence-corrected chi connectivity index (χ3v) is 4.61. The van der Waals surface area contributed by atoms with E-state index in [9.17, 15) is 9.18 Å². The second-order valence-corrected chi connectivity index (χ2v) is 6.20. The second-order valence-electron chi connectivity index (χ2n) is 5.00. The number of hydrogen-bond donors (Lipinski definition) is 0. The van der Waals surface area contributed by atoms with Crippen molar-refractivity contribution >= 4 is 28.1 Å². The third-order valence-electron chi connectivity index (χ3n) is 3.52. The number of thiazole rings is 1. The van der Waals surface area contributed by atoms with Gasteiger partial charge in [-0.15, -0.1) is 11.3 Å². The third kappa shape index (κ3) is 2.37. The van der Waals surface area contributed by atoms with Crippen molar-refractivity contribution in [2.24, 2.45) is 0 Å². The molecule has 0 aliphatic rings. The molecule has 0 N–H and O–H groups in total. The maximum absolute atomic E-state index is 14.5. The highest BCUT2D eigenvalue weighted by atomic mass is 32.1. The molecular weight excluding hydrogens is 301 g/mol. The molecule has 1 heterocycles. The van der Waals surface area contributed by atoms with Crippen LogP contribution in [-0.4, -0.2) is 18.1 Å². The minimum Gasteiger partial charge on any atom is -0.465 e. The van der Waals surface area contributed by atoms with Gasteiger partial charge >= 0.3 is 5.97 Å². The van der Waals surface area contributed by atoms with Crippen LogP contribution in [0.25, 0.3) is 21.2 Å². The summed E-state index contributed by atoms with van der Waals surface area (Å²) in [6, 6.07) is 8.31. The lowest BCUT2D eigenvalue weighted by molar-refractivity contribution is 0.0601. The van der Waals surface area contributed by atoms with Gasteiger partial charge in [-0.05, 0) is 42.8 Å². The van der Waals surface area contributed by atoms with Gasteiger partial charge in [-0.25, -0.2) is 14.2 Å². The van der Waals surface area contributed by atoms with E-state index in [1.54, 1.807) is 24.3 Å². The van der Waals surface area contributed by atoms with Crippen LogP contribution in [0.4, 0.5) is 4.39 Å². The zero-order valence-corrected chi connectivity index (χ0v) is 13.3. The van der Waals surface area contributed by atoms with E-state index in [0.29, 0.717) is 16.5 Å².